The zero-order valence-electron chi connectivity index (χ0n) is 11.9. The zero-order valence-corrected chi connectivity index (χ0v) is 11.9. The lowest BCUT2D eigenvalue weighted by molar-refractivity contribution is 0.0690. The van der Waals surface area contributed by atoms with Crippen LogP contribution in [0.4, 0.5) is 0 Å². The molecule has 1 unspecified atom stereocenters. The summed E-state index contributed by atoms with van der Waals surface area (Å²) < 4.78 is 0. The van der Waals surface area contributed by atoms with Gasteiger partial charge in [0.1, 0.15) is 5.69 Å². The van der Waals surface area contributed by atoms with Crippen LogP contribution in [0, 0.1) is 0 Å². The minimum absolute atomic E-state index is 0.0869. The number of carbonyl (C=O) groups excluding carboxylic acids is 1. The van der Waals surface area contributed by atoms with Crippen molar-refractivity contribution in [1.29, 1.82) is 0 Å². The Bertz CT molecular complexity index is 555. The summed E-state index contributed by atoms with van der Waals surface area (Å²) in [5.41, 5.74) is 0.320. The van der Waals surface area contributed by atoms with Gasteiger partial charge in [-0.1, -0.05) is 0 Å². The Morgan fingerprint density at radius 1 is 1.24 bits per heavy atom. The van der Waals surface area contributed by atoms with Crippen molar-refractivity contribution in [3.8, 4) is 0 Å². The third-order valence-corrected chi connectivity index (χ3v) is 4.33. The zero-order chi connectivity index (χ0) is 14.8. The maximum Gasteiger partial charge on any atom is 0.354 e. The second-order valence-corrected chi connectivity index (χ2v) is 5.67. The highest BCUT2D eigenvalue weighted by Gasteiger charge is 2.32. The molecule has 0 spiro atoms. The molecular weight excluding hydrogens is 270 g/mol. The SMILES string of the molecule is O=C(O)c1cc(C(=O)N2CCC(N3CCCC3)C2)ccn1. The molecule has 1 atom stereocenters. The molecular formula is C15H19N3O3. The van der Waals surface area contributed by atoms with Crippen molar-refractivity contribution in [3.05, 3.63) is 29.6 Å². The van der Waals surface area contributed by atoms with Gasteiger partial charge < -0.3 is 10.0 Å². The first-order valence-corrected chi connectivity index (χ1v) is 7.38. The molecule has 0 aliphatic carbocycles. The second-order valence-electron chi connectivity index (χ2n) is 5.67. The number of hydrogen-bond donors (Lipinski definition) is 1. The lowest BCUT2D eigenvalue weighted by Crippen LogP contribution is -2.37. The molecule has 3 heterocycles. The van der Waals surface area contributed by atoms with Crippen LogP contribution < -0.4 is 0 Å². The van der Waals surface area contributed by atoms with Gasteiger partial charge in [0.2, 0.25) is 0 Å². The van der Waals surface area contributed by atoms with Crippen LogP contribution in [0.2, 0.25) is 0 Å². The Kier molecular flexibility index (Phi) is 3.88. The fourth-order valence-corrected chi connectivity index (χ4v) is 3.19. The number of nitrogens with zero attached hydrogens (tertiary/aromatic N) is 3. The number of aromatic carboxylic acids is 1. The van der Waals surface area contributed by atoms with Crippen LogP contribution in [-0.2, 0) is 0 Å². The molecule has 2 fully saturated rings. The number of carboxylic acids is 1. The van der Waals surface area contributed by atoms with E-state index < -0.39 is 5.97 Å². The van der Waals surface area contributed by atoms with E-state index in [2.05, 4.69) is 9.88 Å². The number of amides is 1. The minimum Gasteiger partial charge on any atom is -0.477 e. The Morgan fingerprint density at radius 3 is 2.71 bits per heavy atom. The average Bonchev–Trinajstić information content (AvgIpc) is 3.17. The van der Waals surface area contributed by atoms with E-state index in [-0.39, 0.29) is 11.6 Å². The fraction of sp³-hybridized carbons (Fsp3) is 0.533. The van der Waals surface area contributed by atoms with Crippen LogP contribution in [0.3, 0.4) is 0 Å². The van der Waals surface area contributed by atoms with Gasteiger partial charge in [-0.25, -0.2) is 9.78 Å². The fourth-order valence-electron chi connectivity index (χ4n) is 3.19. The summed E-state index contributed by atoms with van der Waals surface area (Å²) in [6.45, 7) is 3.74. The van der Waals surface area contributed by atoms with Crippen molar-refractivity contribution in [2.75, 3.05) is 26.2 Å². The number of likely N-dealkylation sites (tertiary alicyclic amines) is 2. The van der Waals surface area contributed by atoms with Crippen LogP contribution in [0.15, 0.2) is 18.3 Å². The van der Waals surface area contributed by atoms with E-state index >= 15 is 0 Å². The van der Waals surface area contributed by atoms with Crippen LogP contribution in [0.1, 0.15) is 40.1 Å². The van der Waals surface area contributed by atoms with E-state index in [4.69, 9.17) is 5.11 Å². The average molecular weight is 289 g/mol. The number of carboxylic acid groups (broad SMARTS) is 1. The standard InChI is InChI=1S/C15H19N3O3/c19-14(11-3-5-16-13(9-11)15(20)21)18-8-4-12(10-18)17-6-1-2-7-17/h3,5,9,12H,1-2,4,6-8,10H2,(H,20,21). The molecule has 6 nitrogen and oxygen atoms in total. The third kappa shape index (κ3) is 2.90. The van der Waals surface area contributed by atoms with E-state index in [1.165, 1.54) is 25.1 Å². The normalized spacial score (nSPS) is 22.7. The lowest BCUT2D eigenvalue weighted by Gasteiger charge is -2.23. The monoisotopic (exact) mass is 289 g/mol. The van der Waals surface area contributed by atoms with Crippen molar-refractivity contribution >= 4 is 11.9 Å². The Morgan fingerprint density at radius 2 is 2.00 bits per heavy atom. The largest absolute Gasteiger partial charge is 0.477 e. The second kappa shape index (κ2) is 5.81. The number of pyridine rings is 1. The highest BCUT2D eigenvalue weighted by molar-refractivity contribution is 5.96. The Labute approximate surface area is 123 Å². The predicted octanol–water partition coefficient (Wildman–Crippen LogP) is 1.09. The Balaban J connectivity index is 1.68. The summed E-state index contributed by atoms with van der Waals surface area (Å²) in [6, 6.07) is 3.39. The van der Waals surface area contributed by atoms with Crippen molar-refractivity contribution in [3.63, 3.8) is 0 Å². The molecule has 112 valence electrons. The molecule has 1 aromatic rings. The van der Waals surface area contributed by atoms with Crippen LogP contribution in [0.5, 0.6) is 0 Å². The summed E-state index contributed by atoms with van der Waals surface area (Å²) in [6.07, 6.45) is 4.88. The molecule has 2 aliphatic heterocycles. The molecule has 6 heteroatoms. The van der Waals surface area contributed by atoms with Crippen LogP contribution >= 0.6 is 0 Å². The highest BCUT2D eigenvalue weighted by atomic mass is 16.4. The molecule has 1 aromatic heterocycles. The molecule has 2 aliphatic rings. The maximum absolute atomic E-state index is 12.5. The van der Waals surface area contributed by atoms with Gasteiger partial charge in [-0.3, -0.25) is 9.69 Å². The van der Waals surface area contributed by atoms with Crippen molar-refractivity contribution < 1.29 is 14.7 Å². The summed E-state index contributed by atoms with van der Waals surface area (Å²) in [7, 11) is 0. The van der Waals surface area contributed by atoms with Gasteiger partial charge in [0, 0.05) is 30.9 Å². The smallest absolute Gasteiger partial charge is 0.354 e. The molecule has 3 rings (SSSR count). The number of hydrogen-bond acceptors (Lipinski definition) is 4. The van der Waals surface area contributed by atoms with Gasteiger partial charge in [0.05, 0.1) is 0 Å². The van der Waals surface area contributed by atoms with E-state index in [1.807, 2.05) is 4.90 Å². The summed E-state index contributed by atoms with van der Waals surface area (Å²) in [4.78, 5) is 31.4. The van der Waals surface area contributed by atoms with Gasteiger partial charge >= 0.3 is 5.97 Å². The summed E-state index contributed by atoms with van der Waals surface area (Å²) in [5.74, 6) is -1.21. The van der Waals surface area contributed by atoms with E-state index in [0.29, 0.717) is 11.6 Å². The lowest BCUT2D eigenvalue weighted by atomic mass is 10.2. The van der Waals surface area contributed by atoms with E-state index in [0.717, 1.165) is 32.6 Å². The predicted molar refractivity (Wildman–Crippen MR) is 76.3 cm³/mol. The van der Waals surface area contributed by atoms with Gasteiger partial charge in [0.15, 0.2) is 0 Å². The number of rotatable bonds is 3. The molecule has 0 bridgehead atoms. The van der Waals surface area contributed by atoms with Gasteiger partial charge in [-0.15, -0.1) is 0 Å². The van der Waals surface area contributed by atoms with Crippen LogP contribution in [-0.4, -0.2) is 64.0 Å². The van der Waals surface area contributed by atoms with Crippen LogP contribution in [0.25, 0.3) is 0 Å². The first kappa shape index (κ1) is 14.0. The van der Waals surface area contributed by atoms with Gasteiger partial charge in [-0.05, 0) is 44.5 Å². The molecule has 2 saturated heterocycles. The van der Waals surface area contributed by atoms with Crippen molar-refractivity contribution in [2.24, 2.45) is 0 Å². The first-order chi connectivity index (χ1) is 10.1. The van der Waals surface area contributed by atoms with Gasteiger partial charge in [-0.2, -0.15) is 0 Å². The maximum atomic E-state index is 12.5. The molecule has 0 aromatic carbocycles. The van der Waals surface area contributed by atoms with Crippen molar-refractivity contribution in [2.45, 2.75) is 25.3 Å². The van der Waals surface area contributed by atoms with E-state index in [1.54, 1.807) is 6.07 Å². The van der Waals surface area contributed by atoms with Gasteiger partial charge in [0.25, 0.3) is 5.91 Å². The summed E-state index contributed by atoms with van der Waals surface area (Å²) in [5, 5.41) is 8.95. The molecule has 1 N–H and O–H groups in total. The first-order valence-electron chi connectivity index (χ1n) is 7.38. The minimum atomic E-state index is -1.11. The Hall–Kier alpha value is -1.95. The number of carbonyl (C=O) groups is 2. The number of aromatic nitrogens is 1. The van der Waals surface area contributed by atoms with Crippen molar-refractivity contribution in [1.82, 2.24) is 14.8 Å². The quantitative estimate of drug-likeness (QED) is 0.901. The topological polar surface area (TPSA) is 73.7 Å². The molecule has 0 saturated carbocycles. The third-order valence-electron chi connectivity index (χ3n) is 4.33. The summed E-state index contributed by atoms with van der Waals surface area (Å²) >= 11 is 0. The molecule has 1 amide bonds. The highest BCUT2D eigenvalue weighted by Crippen LogP contribution is 2.21. The molecule has 21 heavy (non-hydrogen) atoms. The van der Waals surface area contributed by atoms with E-state index in [9.17, 15) is 9.59 Å². The molecule has 0 radical (unpaired) electrons.